The van der Waals surface area contributed by atoms with Crippen LogP contribution in [-0.2, 0) is 42.9 Å². The van der Waals surface area contributed by atoms with Gasteiger partial charge in [-0.15, -0.1) is 0 Å². The number of aliphatic carboxylic acids is 1. The van der Waals surface area contributed by atoms with E-state index in [0.717, 1.165) is 51.4 Å². The molecule has 0 bridgehead atoms. The number of cyclic esters (lactones) is 1. The number of hydrogen-bond acceptors (Lipinski definition) is 10. The van der Waals surface area contributed by atoms with Gasteiger partial charge in [0.05, 0.1) is 44.0 Å². The lowest BCUT2D eigenvalue weighted by molar-refractivity contribution is -0.167. The normalized spacial score (nSPS) is 20.8. The Morgan fingerprint density at radius 2 is 1.47 bits per heavy atom. The maximum Gasteiger partial charge on any atom is 0.312 e. The van der Waals surface area contributed by atoms with Gasteiger partial charge in [-0.1, -0.05) is 40.5 Å². The number of aliphatic hydroxyl groups is 1. The minimum Gasteiger partial charge on any atom is -0.481 e. The van der Waals surface area contributed by atoms with E-state index in [-0.39, 0.29) is 56.1 Å². The molecule has 0 aromatic carbocycles. The van der Waals surface area contributed by atoms with Gasteiger partial charge < -0.3 is 33.9 Å². The molecule has 1 saturated heterocycles. The van der Waals surface area contributed by atoms with Crippen LogP contribution in [0.15, 0.2) is 0 Å². The topological polar surface area (TPSA) is 155 Å². The molecule has 1 aliphatic heterocycles. The van der Waals surface area contributed by atoms with Crippen molar-refractivity contribution in [1.82, 2.24) is 0 Å². The fraction of sp³-hybridized carbons (Fsp3) is 0.900. The van der Waals surface area contributed by atoms with E-state index in [0.29, 0.717) is 31.0 Å². The Bertz CT molecular complexity index is 993. The van der Waals surface area contributed by atoms with Gasteiger partial charge in [0.1, 0.15) is 17.3 Å². The van der Waals surface area contributed by atoms with Crippen molar-refractivity contribution in [3.8, 4) is 0 Å². The fourth-order valence-electron chi connectivity index (χ4n) is 5.65. The lowest BCUT2D eigenvalue weighted by Crippen LogP contribution is -2.34. The second-order valence-corrected chi connectivity index (χ2v) is 17.1. The molecule has 0 amide bonds. The average Bonchev–Trinajstić information content (AvgIpc) is 2.96. The van der Waals surface area contributed by atoms with Crippen molar-refractivity contribution in [1.29, 1.82) is 0 Å². The summed E-state index contributed by atoms with van der Waals surface area (Å²) in [5.41, 5.74) is -1.19. The molecule has 11 nitrogen and oxygen atoms in total. The van der Waals surface area contributed by atoms with Crippen LogP contribution in [0, 0.1) is 35.5 Å². The summed E-state index contributed by atoms with van der Waals surface area (Å²) in [4.78, 5) is 47.7. The van der Waals surface area contributed by atoms with Crippen molar-refractivity contribution >= 4 is 23.9 Å². The smallest absolute Gasteiger partial charge is 0.312 e. The Kier molecular flexibility index (Phi) is 23.8. The summed E-state index contributed by atoms with van der Waals surface area (Å²) in [6.07, 6.45) is 7.08. The van der Waals surface area contributed by atoms with Crippen LogP contribution in [0.2, 0.25) is 0 Å². The number of carbonyl (C=O) groups excluding carboxylic acids is 3. The zero-order valence-corrected chi connectivity index (χ0v) is 34.1. The van der Waals surface area contributed by atoms with Gasteiger partial charge >= 0.3 is 23.9 Å². The zero-order valence-electron chi connectivity index (χ0n) is 34.1. The Hall–Kier alpha value is -2.24. The largest absolute Gasteiger partial charge is 0.481 e. The van der Waals surface area contributed by atoms with Gasteiger partial charge in [-0.2, -0.15) is 0 Å². The minimum absolute atomic E-state index is 0.000512. The first kappa shape index (κ1) is 48.8. The van der Waals surface area contributed by atoms with Gasteiger partial charge in [0.15, 0.2) is 0 Å². The maximum atomic E-state index is 12.5. The van der Waals surface area contributed by atoms with E-state index in [1.165, 1.54) is 0 Å². The van der Waals surface area contributed by atoms with Crippen molar-refractivity contribution < 1.29 is 53.1 Å². The number of rotatable bonds is 18. The number of carbonyl (C=O) groups is 4. The highest BCUT2D eigenvalue weighted by atomic mass is 16.6. The molecule has 1 rings (SSSR count). The van der Waals surface area contributed by atoms with Gasteiger partial charge in [-0.25, -0.2) is 0 Å². The van der Waals surface area contributed by atoms with Crippen LogP contribution >= 0.6 is 0 Å². The standard InChI is InChI=1S/C20H38O6.C20H36O5/c1-14(2)9-10-16(15(3)21)8-7-11-25-13-17(19(23)24)12-18(22)26-20(4,5)6;1-14(2)9-10-16-8-7-11-23-13-17(19(22)24-15(16)3)12-18(21)25-20(4,5)6/h14-17,21H,7-13H2,1-6H3,(H,23,24);14-17H,7-13H2,1-6H3/t2*15-,16-,17-/m00/s1. The second-order valence-electron chi connectivity index (χ2n) is 17.1. The van der Waals surface area contributed by atoms with Crippen LogP contribution in [0.4, 0.5) is 0 Å². The molecule has 0 radical (unpaired) electrons. The van der Waals surface area contributed by atoms with E-state index >= 15 is 0 Å². The highest BCUT2D eigenvalue weighted by Gasteiger charge is 2.31. The van der Waals surface area contributed by atoms with Crippen LogP contribution in [0.25, 0.3) is 0 Å². The van der Waals surface area contributed by atoms with Crippen LogP contribution in [0.3, 0.4) is 0 Å². The molecular formula is C40H74O11. The lowest BCUT2D eigenvalue weighted by atomic mass is 9.89. The number of carboxylic acids is 1. The quantitative estimate of drug-likeness (QED) is 0.0807. The van der Waals surface area contributed by atoms with E-state index in [2.05, 4.69) is 27.7 Å². The van der Waals surface area contributed by atoms with Gasteiger partial charge in [0.2, 0.25) is 0 Å². The summed E-state index contributed by atoms with van der Waals surface area (Å²) in [6, 6.07) is 0. The molecular weight excluding hydrogens is 656 g/mol. The fourth-order valence-corrected chi connectivity index (χ4v) is 5.65. The molecule has 0 saturated carbocycles. The van der Waals surface area contributed by atoms with Crippen LogP contribution in [0.5, 0.6) is 0 Å². The molecule has 6 atom stereocenters. The van der Waals surface area contributed by atoms with Crippen molar-refractivity contribution in [3.05, 3.63) is 0 Å². The highest BCUT2D eigenvalue weighted by Crippen LogP contribution is 2.26. The summed E-state index contributed by atoms with van der Waals surface area (Å²) < 4.78 is 27.3. The van der Waals surface area contributed by atoms with Gasteiger partial charge in [-0.05, 0) is 118 Å². The third-order valence-electron chi connectivity index (χ3n) is 8.59. The van der Waals surface area contributed by atoms with Crippen molar-refractivity contribution in [2.45, 2.75) is 171 Å². The maximum absolute atomic E-state index is 12.5. The zero-order chi connectivity index (χ0) is 39.4. The summed E-state index contributed by atoms with van der Waals surface area (Å²) in [7, 11) is 0. The van der Waals surface area contributed by atoms with E-state index < -0.39 is 35.0 Å². The molecule has 2 N–H and O–H groups in total. The predicted molar refractivity (Wildman–Crippen MR) is 198 cm³/mol. The SMILES string of the molecule is CC(C)CC[C@@H]1CCCOC[C@H](CC(=O)OC(C)(C)C)C(=O)O[C@H]1C.CC(C)CC[C@H](CCCOC[C@H](CC(=O)OC(C)(C)C)C(=O)O)[C@H](C)O. The molecule has 51 heavy (non-hydrogen) atoms. The monoisotopic (exact) mass is 731 g/mol. The first-order valence-electron chi connectivity index (χ1n) is 19.2. The Balaban J connectivity index is 0.000000981. The van der Waals surface area contributed by atoms with Crippen molar-refractivity contribution in [3.63, 3.8) is 0 Å². The first-order chi connectivity index (χ1) is 23.5. The van der Waals surface area contributed by atoms with Crippen LogP contribution < -0.4 is 0 Å². The number of hydrogen-bond donors (Lipinski definition) is 2. The second kappa shape index (κ2) is 24.9. The Morgan fingerprint density at radius 3 is 2.00 bits per heavy atom. The molecule has 0 aliphatic carbocycles. The molecule has 1 aliphatic rings. The number of ether oxygens (including phenoxy) is 5. The highest BCUT2D eigenvalue weighted by molar-refractivity contribution is 5.80. The van der Waals surface area contributed by atoms with E-state index in [4.69, 9.17) is 23.7 Å². The molecule has 1 fully saturated rings. The Morgan fingerprint density at radius 1 is 0.882 bits per heavy atom. The molecule has 0 aromatic rings. The number of carboxylic acid groups (broad SMARTS) is 1. The van der Waals surface area contributed by atoms with Crippen molar-refractivity contribution in [2.75, 3.05) is 26.4 Å². The van der Waals surface area contributed by atoms with Crippen LogP contribution in [-0.4, -0.2) is 83.9 Å². The van der Waals surface area contributed by atoms with Crippen molar-refractivity contribution in [2.24, 2.45) is 35.5 Å². The lowest BCUT2D eigenvalue weighted by Gasteiger charge is -2.28. The third-order valence-corrected chi connectivity index (χ3v) is 8.59. The molecule has 0 unspecified atom stereocenters. The van der Waals surface area contributed by atoms with Gasteiger partial charge in [0, 0.05) is 13.2 Å². The summed E-state index contributed by atoms with van der Waals surface area (Å²) >= 11 is 0. The van der Waals surface area contributed by atoms with Gasteiger partial charge in [-0.3, -0.25) is 19.2 Å². The number of esters is 3. The summed E-state index contributed by atoms with van der Waals surface area (Å²) in [5.74, 6) is -2.01. The van der Waals surface area contributed by atoms with Crippen LogP contribution in [0.1, 0.15) is 147 Å². The molecule has 0 aromatic heterocycles. The van der Waals surface area contributed by atoms with E-state index in [9.17, 15) is 29.4 Å². The van der Waals surface area contributed by atoms with Gasteiger partial charge in [0.25, 0.3) is 0 Å². The molecule has 300 valence electrons. The molecule has 1 heterocycles. The average molecular weight is 731 g/mol. The summed E-state index contributed by atoms with van der Waals surface area (Å²) in [6.45, 7) is 24.4. The van der Waals surface area contributed by atoms with E-state index in [1.807, 2.05) is 34.6 Å². The first-order valence-corrected chi connectivity index (χ1v) is 19.2. The third kappa shape index (κ3) is 26.2. The summed E-state index contributed by atoms with van der Waals surface area (Å²) in [5, 5.41) is 19.1. The Labute approximate surface area is 309 Å². The van der Waals surface area contributed by atoms with E-state index in [1.54, 1.807) is 20.8 Å². The number of aliphatic hydroxyl groups excluding tert-OH is 1. The minimum atomic E-state index is -1.06. The molecule has 11 heteroatoms. The predicted octanol–water partition coefficient (Wildman–Crippen LogP) is 7.78. The molecule has 0 spiro atoms.